The largest absolute Gasteiger partial charge is 0.363 e. The van der Waals surface area contributed by atoms with Crippen LogP contribution in [0.4, 0.5) is 4.79 Å². The first-order chi connectivity index (χ1) is 21.1. The van der Waals surface area contributed by atoms with Gasteiger partial charge in [-0.3, -0.25) is 19.2 Å². The van der Waals surface area contributed by atoms with E-state index in [1.807, 2.05) is 51.1 Å². The van der Waals surface area contributed by atoms with E-state index in [0.717, 1.165) is 49.8 Å². The van der Waals surface area contributed by atoms with Gasteiger partial charge in [-0.15, -0.1) is 0 Å². The van der Waals surface area contributed by atoms with Gasteiger partial charge in [-0.05, 0) is 60.0 Å². The van der Waals surface area contributed by atoms with Crippen LogP contribution in [-0.2, 0) is 19.2 Å². The number of fused-ring (bicyclic) bond motifs is 1. The Bertz CT molecular complexity index is 1320. The number of thioether (sulfide) groups is 1. The van der Waals surface area contributed by atoms with Crippen molar-refractivity contribution < 1.29 is 24.0 Å². The number of Topliss-reactive ketones (excluding diaryl/α,β-unsaturated/α-hetero) is 1. The number of rotatable bonds is 11. The normalized spacial score (nSPS) is 26.2. The number of urea groups is 1. The highest BCUT2D eigenvalue weighted by Crippen LogP contribution is 2.65. The molecular formula is C34H49N5O5S. The number of hydrogen-bond acceptors (Lipinski definition) is 6. The summed E-state index contributed by atoms with van der Waals surface area (Å²) in [6, 6.07) is 6.90. The molecule has 5 amide bonds. The number of piperidine rings is 1. The monoisotopic (exact) mass is 639 g/mol. The lowest BCUT2D eigenvalue weighted by molar-refractivity contribution is -0.145. The van der Waals surface area contributed by atoms with Crippen LogP contribution in [-0.4, -0.2) is 64.0 Å². The van der Waals surface area contributed by atoms with Crippen LogP contribution in [0.2, 0.25) is 0 Å². The summed E-state index contributed by atoms with van der Waals surface area (Å²) < 4.78 is 0. The number of nitrogens with zero attached hydrogens (tertiary/aromatic N) is 1. The Labute approximate surface area is 270 Å². The number of primary amides is 1. The lowest BCUT2D eigenvalue weighted by atomic mass is 9.85. The highest BCUT2D eigenvalue weighted by Gasteiger charge is 2.70. The van der Waals surface area contributed by atoms with Crippen LogP contribution in [0.5, 0.6) is 0 Å². The molecule has 5 atom stereocenters. The van der Waals surface area contributed by atoms with Crippen molar-refractivity contribution in [3.8, 4) is 0 Å². The van der Waals surface area contributed by atoms with Crippen molar-refractivity contribution in [3.05, 3.63) is 30.3 Å². The highest BCUT2D eigenvalue weighted by molar-refractivity contribution is 8.00. The van der Waals surface area contributed by atoms with Crippen molar-refractivity contribution in [2.45, 2.75) is 114 Å². The Hall–Kier alpha value is -3.08. The first-order valence-electron chi connectivity index (χ1n) is 16.4. The molecule has 3 aliphatic carbocycles. The average Bonchev–Trinajstić information content (AvgIpc) is 3.82. The van der Waals surface area contributed by atoms with Crippen LogP contribution < -0.4 is 21.7 Å². The van der Waals surface area contributed by atoms with Crippen LogP contribution in [0.3, 0.4) is 0 Å². The molecule has 5 N–H and O–H groups in total. The summed E-state index contributed by atoms with van der Waals surface area (Å²) in [5.41, 5.74) is 4.52. The van der Waals surface area contributed by atoms with Crippen molar-refractivity contribution >= 4 is 41.3 Å². The molecule has 0 aromatic heterocycles. The van der Waals surface area contributed by atoms with E-state index in [4.69, 9.17) is 5.73 Å². The maximum Gasteiger partial charge on any atom is 0.316 e. The number of nitrogens with one attached hydrogen (secondary N) is 3. The summed E-state index contributed by atoms with van der Waals surface area (Å²) in [6.07, 6.45) is 7.02. The number of ketones is 1. The fourth-order valence-corrected chi connectivity index (χ4v) is 8.82. The predicted molar refractivity (Wildman–Crippen MR) is 173 cm³/mol. The summed E-state index contributed by atoms with van der Waals surface area (Å²) in [6.45, 7) is 10.3. The van der Waals surface area contributed by atoms with Gasteiger partial charge < -0.3 is 26.6 Å². The predicted octanol–water partition coefficient (Wildman–Crippen LogP) is 3.98. The van der Waals surface area contributed by atoms with Crippen molar-refractivity contribution in [2.24, 2.45) is 34.3 Å². The van der Waals surface area contributed by atoms with Gasteiger partial charge in [0.15, 0.2) is 0 Å². The summed E-state index contributed by atoms with van der Waals surface area (Å²) in [5.74, 6) is -2.36. The number of carbonyl (C=O) groups excluding carboxylic acids is 5. The zero-order valence-corrected chi connectivity index (χ0v) is 28.0. The number of amides is 5. The molecule has 1 aromatic rings. The molecule has 3 unspecified atom stereocenters. The quantitative estimate of drug-likeness (QED) is 0.213. The Balaban J connectivity index is 1.33. The Morgan fingerprint density at radius 2 is 1.64 bits per heavy atom. The van der Waals surface area contributed by atoms with Crippen LogP contribution in [0.1, 0.15) is 86.0 Å². The zero-order chi connectivity index (χ0) is 32.7. The Morgan fingerprint density at radius 3 is 2.22 bits per heavy atom. The van der Waals surface area contributed by atoms with Gasteiger partial charge in [0, 0.05) is 11.4 Å². The number of likely N-dealkylation sites (tertiary alicyclic amines) is 1. The molecule has 0 spiro atoms. The van der Waals surface area contributed by atoms with Gasteiger partial charge in [-0.2, -0.15) is 0 Å². The van der Waals surface area contributed by atoms with Gasteiger partial charge in [0.05, 0.1) is 10.9 Å². The van der Waals surface area contributed by atoms with E-state index in [1.165, 1.54) is 0 Å². The third kappa shape index (κ3) is 7.34. The first-order valence-corrected chi connectivity index (χ1v) is 17.2. The Kier molecular flexibility index (Phi) is 9.33. The van der Waals surface area contributed by atoms with Gasteiger partial charge in [0.25, 0.3) is 5.91 Å². The van der Waals surface area contributed by atoms with Crippen molar-refractivity contribution in [3.63, 3.8) is 0 Å². The van der Waals surface area contributed by atoms with E-state index in [1.54, 1.807) is 16.7 Å². The maximum atomic E-state index is 14.4. The highest BCUT2D eigenvalue weighted by atomic mass is 32.2. The van der Waals surface area contributed by atoms with Crippen LogP contribution >= 0.6 is 11.8 Å². The van der Waals surface area contributed by atoms with Crippen molar-refractivity contribution in [1.29, 1.82) is 0 Å². The molecule has 45 heavy (non-hydrogen) atoms. The van der Waals surface area contributed by atoms with E-state index in [0.29, 0.717) is 13.0 Å². The zero-order valence-electron chi connectivity index (χ0n) is 27.2. The minimum Gasteiger partial charge on any atom is -0.363 e. The molecule has 0 bridgehead atoms. The molecule has 1 heterocycles. The van der Waals surface area contributed by atoms with Gasteiger partial charge in [0.2, 0.25) is 17.6 Å². The second-order valence-electron chi connectivity index (χ2n) is 15.2. The standard InChI is InChI=1S/C34H49N5O5S/c1-32(2,3)27(37-31(44)38-34(16-10-7-11-17-34)45-21-12-8-6-9-13-21)30(43)39-19-22-24(33(22,4)5)25(39)29(42)36-23(18-20-14-15-20)26(40)28(35)41/h6,8-9,12-13,20,22-25,27H,7,10-11,14-19H2,1-5H3,(H2,35,41)(H,36,42)(H2,37,38,44)/t22?,23?,24?,25-,27+/m0/s1. The molecule has 0 radical (unpaired) electrons. The van der Waals surface area contributed by atoms with Gasteiger partial charge in [-0.1, -0.05) is 96.7 Å². The van der Waals surface area contributed by atoms with Crippen molar-refractivity contribution in [2.75, 3.05) is 6.54 Å². The van der Waals surface area contributed by atoms with E-state index >= 15 is 0 Å². The topological polar surface area (TPSA) is 151 Å². The first kappa shape index (κ1) is 33.3. The van der Waals surface area contributed by atoms with Crippen LogP contribution in [0.25, 0.3) is 0 Å². The van der Waals surface area contributed by atoms with Crippen molar-refractivity contribution in [1.82, 2.24) is 20.9 Å². The number of carbonyl (C=O) groups is 5. The minimum atomic E-state index is -1.07. The van der Waals surface area contributed by atoms with Crippen LogP contribution in [0.15, 0.2) is 35.2 Å². The lowest BCUT2D eigenvalue weighted by Gasteiger charge is -2.40. The van der Waals surface area contributed by atoms with E-state index in [9.17, 15) is 24.0 Å². The molecular weight excluding hydrogens is 590 g/mol. The van der Waals surface area contributed by atoms with E-state index in [2.05, 4.69) is 29.8 Å². The summed E-state index contributed by atoms with van der Waals surface area (Å²) in [7, 11) is 0. The third-order valence-corrected chi connectivity index (χ3v) is 11.8. The average molecular weight is 640 g/mol. The summed E-state index contributed by atoms with van der Waals surface area (Å²) in [5, 5.41) is 9.06. The lowest BCUT2D eigenvalue weighted by Crippen LogP contribution is -2.62. The van der Waals surface area contributed by atoms with Gasteiger partial charge in [0.1, 0.15) is 12.1 Å². The molecule has 1 saturated heterocycles. The molecule has 4 fully saturated rings. The fourth-order valence-electron chi connectivity index (χ4n) is 7.44. The molecule has 1 aromatic carbocycles. The Morgan fingerprint density at radius 1 is 1.00 bits per heavy atom. The molecule has 3 saturated carbocycles. The second kappa shape index (κ2) is 12.6. The number of benzene rings is 1. The van der Waals surface area contributed by atoms with Gasteiger partial charge in [-0.25, -0.2) is 4.79 Å². The maximum absolute atomic E-state index is 14.4. The van der Waals surface area contributed by atoms with E-state index < -0.39 is 52.0 Å². The van der Waals surface area contributed by atoms with Gasteiger partial charge >= 0.3 is 6.03 Å². The number of hydrogen-bond donors (Lipinski definition) is 4. The SMILES string of the molecule is CC1(C)C2CN(C(=O)[C@@H](NC(=O)NC3(Sc4ccccc4)CCCCC3)C(C)(C)C)[C@H](C(=O)NC(CC3CC3)C(=O)C(N)=O)C21. The molecule has 11 heteroatoms. The third-order valence-electron chi connectivity index (χ3n) is 10.3. The summed E-state index contributed by atoms with van der Waals surface area (Å²) >= 11 is 1.66. The molecule has 1 aliphatic heterocycles. The molecule has 246 valence electrons. The fraction of sp³-hybridized carbons (Fsp3) is 0.676. The molecule has 4 aliphatic rings. The van der Waals surface area contributed by atoms with Crippen LogP contribution in [0, 0.1) is 28.6 Å². The number of nitrogens with two attached hydrogens (primary N) is 1. The second-order valence-corrected chi connectivity index (χ2v) is 16.7. The molecule has 10 nitrogen and oxygen atoms in total. The van der Waals surface area contributed by atoms with E-state index in [-0.39, 0.29) is 29.1 Å². The summed E-state index contributed by atoms with van der Waals surface area (Å²) in [4.78, 5) is 68.5. The minimum absolute atomic E-state index is 0.0890. The smallest absolute Gasteiger partial charge is 0.316 e. The molecule has 5 rings (SSSR count).